The largest absolute Gasteiger partial charge is 0.273 e. The molecule has 0 bridgehead atoms. The second-order valence-electron chi connectivity index (χ2n) is 5.66. The lowest BCUT2D eigenvalue weighted by Crippen LogP contribution is -2.22. The van der Waals surface area contributed by atoms with Crippen LogP contribution in [-0.2, 0) is 4.79 Å². The van der Waals surface area contributed by atoms with Crippen molar-refractivity contribution in [2.24, 2.45) is 16.9 Å². The summed E-state index contributed by atoms with van der Waals surface area (Å²) in [5, 5.41) is 4.30. The van der Waals surface area contributed by atoms with Gasteiger partial charge in [-0.3, -0.25) is 4.79 Å². The van der Waals surface area contributed by atoms with Gasteiger partial charge < -0.3 is 0 Å². The number of nitrogens with one attached hydrogen (secondary N) is 1. The van der Waals surface area contributed by atoms with Gasteiger partial charge in [0.15, 0.2) is 0 Å². The van der Waals surface area contributed by atoms with Gasteiger partial charge in [-0.2, -0.15) is 5.10 Å². The van der Waals surface area contributed by atoms with E-state index < -0.39 is 0 Å². The Bertz CT molecular complexity index is 422. The molecule has 1 aromatic carbocycles. The zero-order valence-electron chi connectivity index (χ0n) is 12.3. The lowest BCUT2D eigenvalue weighted by atomic mass is 10.0. The van der Waals surface area contributed by atoms with Gasteiger partial charge in [-0.25, -0.2) is 5.43 Å². The summed E-state index contributed by atoms with van der Waals surface area (Å²) in [7, 11) is 0. The van der Waals surface area contributed by atoms with Crippen molar-refractivity contribution < 1.29 is 4.79 Å². The maximum absolute atomic E-state index is 11.7. The Morgan fingerprint density at radius 3 is 2.16 bits per heavy atom. The number of carbonyl (C=O) groups is 1. The first-order valence-corrected chi connectivity index (χ1v) is 6.90. The number of hydrogen-bond donors (Lipinski definition) is 1. The van der Waals surface area contributed by atoms with E-state index in [1.54, 1.807) is 0 Å². The van der Waals surface area contributed by atoms with E-state index in [2.05, 4.69) is 24.4 Å². The summed E-state index contributed by atoms with van der Waals surface area (Å²) in [6, 6.07) is 10.0. The third-order valence-corrected chi connectivity index (χ3v) is 2.62. The molecule has 0 aliphatic heterocycles. The summed E-state index contributed by atoms with van der Waals surface area (Å²) in [6.45, 7) is 8.34. The fraction of sp³-hybridized carbons (Fsp3) is 0.500. The van der Waals surface area contributed by atoms with Crippen molar-refractivity contribution >= 4 is 11.6 Å². The molecule has 0 heterocycles. The maximum Gasteiger partial charge on any atom is 0.240 e. The fourth-order valence-corrected chi connectivity index (χ4v) is 1.79. The van der Waals surface area contributed by atoms with Crippen LogP contribution >= 0.6 is 0 Å². The van der Waals surface area contributed by atoms with Gasteiger partial charge in [-0.15, -0.1) is 0 Å². The Balaban J connectivity index is 2.77. The van der Waals surface area contributed by atoms with Crippen LogP contribution in [0.15, 0.2) is 35.4 Å². The average molecular weight is 260 g/mol. The lowest BCUT2D eigenvalue weighted by Gasteiger charge is -2.10. The van der Waals surface area contributed by atoms with Crippen molar-refractivity contribution in [3.63, 3.8) is 0 Å². The number of benzene rings is 1. The third kappa shape index (κ3) is 6.18. The molecule has 1 amide bonds. The number of carbonyl (C=O) groups excluding carboxylic acids is 1. The first-order valence-electron chi connectivity index (χ1n) is 6.90. The molecule has 0 spiro atoms. The first-order chi connectivity index (χ1) is 8.99. The zero-order chi connectivity index (χ0) is 14.3. The van der Waals surface area contributed by atoms with Crippen LogP contribution in [0.25, 0.3) is 0 Å². The van der Waals surface area contributed by atoms with Gasteiger partial charge in [0, 0.05) is 6.42 Å². The summed E-state index contributed by atoms with van der Waals surface area (Å²) in [5.74, 6) is 0.827. The number of hydrogen-bond acceptors (Lipinski definition) is 2. The predicted molar refractivity (Wildman–Crippen MR) is 80.0 cm³/mol. The Hall–Kier alpha value is -1.64. The molecule has 3 nitrogen and oxygen atoms in total. The number of hydrazone groups is 1. The number of rotatable bonds is 6. The van der Waals surface area contributed by atoms with Gasteiger partial charge in [0.1, 0.15) is 0 Å². The molecule has 104 valence electrons. The van der Waals surface area contributed by atoms with E-state index in [0.717, 1.165) is 17.7 Å². The molecule has 0 fully saturated rings. The highest BCUT2D eigenvalue weighted by Gasteiger charge is 2.08. The zero-order valence-corrected chi connectivity index (χ0v) is 12.3. The van der Waals surface area contributed by atoms with Crippen LogP contribution in [0.5, 0.6) is 0 Å². The third-order valence-electron chi connectivity index (χ3n) is 2.62. The van der Waals surface area contributed by atoms with Crippen LogP contribution in [0.3, 0.4) is 0 Å². The molecule has 0 aliphatic rings. The van der Waals surface area contributed by atoms with Crippen LogP contribution in [0.1, 0.15) is 46.1 Å². The highest BCUT2D eigenvalue weighted by molar-refractivity contribution is 6.01. The summed E-state index contributed by atoms with van der Waals surface area (Å²) < 4.78 is 0. The Morgan fingerprint density at radius 2 is 1.63 bits per heavy atom. The molecule has 3 heteroatoms. The second-order valence-corrected chi connectivity index (χ2v) is 5.66. The van der Waals surface area contributed by atoms with E-state index in [1.165, 1.54) is 0 Å². The van der Waals surface area contributed by atoms with Crippen LogP contribution in [-0.4, -0.2) is 11.6 Å². The molecule has 1 rings (SSSR count). The predicted octanol–water partition coefficient (Wildman–Crippen LogP) is 3.60. The van der Waals surface area contributed by atoms with Crippen molar-refractivity contribution in [2.45, 2.75) is 40.5 Å². The molecule has 0 aromatic heterocycles. The standard InChI is InChI=1S/C16H24N2O/c1-12(2)10-15(14-8-6-5-7-9-14)17-18-16(19)11-13(3)4/h5-9,12-13H,10-11H2,1-4H3,(H,18,19). The molecule has 0 unspecified atom stereocenters. The summed E-state index contributed by atoms with van der Waals surface area (Å²) in [5.41, 5.74) is 4.68. The van der Waals surface area contributed by atoms with Gasteiger partial charge >= 0.3 is 0 Å². The van der Waals surface area contributed by atoms with Gasteiger partial charge in [-0.05, 0) is 23.8 Å². The molecule has 0 radical (unpaired) electrons. The van der Waals surface area contributed by atoms with E-state index in [9.17, 15) is 4.79 Å². The summed E-state index contributed by atoms with van der Waals surface area (Å²) in [6.07, 6.45) is 1.36. The highest BCUT2D eigenvalue weighted by atomic mass is 16.2. The van der Waals surface area contributed by atoms with E-state index in [-0.39, 0.29) is 5.91 Å². The van der Waals surface area contributed by atoms with Gasteiger partial charge in [0.2, 0.25) is 5.91 Å². The quantitative estimate of drug-likeness (QED) is 0.616. The topological polar surface area (TPSA) is 41.5 Å². The average Bonchev–Trinajstić information content (AvgIpc) is 2.34. The molecule has 0 aliphatic carbocycles. The molecular formula is C16H24N2O. The Morgan fingerprint density at radius 1 is 1.05 bits per heavy atom. The summed E-state index contributed by atoms with van der Waals surface area (Å²) in [4.78, 5) is 11.7. The van der Waals surface area contributed by atoms with Crippen molar-refractivity contribution in [3.8, 4) is 0 Å². The Kier molecular flexibility index (Phi) is 6.26. The molecule has 0 saturated carbocycles. The van der Waals surface area contributed by atoms with Crippen LogP contribution in [0, 0.1) is 11.8 Å². The van der Waals surface area contributed by atoms with Crippen LogP contribution in [0.2, 0.25) is 0 Å². The molecule has 0 saturated heterocycles. The minimum atomic E-state index is -0.0211. The minimum absolute atomic E-state index is 0.0211. The van der Waals surface area contributed by atoms with Crippen molar-refractivity contribution in [1.29, 1.82) is 0 Å². The van der Waals surface area contributed by atoms with Crippen molar-refractivity contribution in [2.75, 3.05) is 0 Å². The second kappa shape index (κ2) is 7.72. The molecular weight excluding hydrogens is 236 g/mol. The molecule has 1 aromatic rings. The SMILES string of the molecule is CC(C)CC(=O)NN=C(CC(C)C)c1ccccc1. The normalized spacial score (nSPS) is 12.0. The minimum Gasteiger partial charge on any atom is -0.273 e. The number of nitrogens with zero attached hydrogens (tertiary/aromatic N) is 1. The first kappa shape index (κ1) is 15.4. The fourth-order valence-electron chi connectivity index (χ4n) is 1.79. The van der Waals surface area contributed by atoms with E-state index in [0.29, 0.717) is 18.3 Å². The van der Waals surface area contributed by atoms with E-state index in [4.69, 9.17) is 0 Å². The van der Waals surface area contributed by atoms with Gasteiger partial charge in [0.25, 0.3) is 0 Å². The summed E-state index contributed by atoms with van der Waals surface area (Å²) >= 11 is 0. The molecule has 0 atom stereocenters. The van der Waals surface area contributed by atoms with E-state index in [1.807, 2.05) is 44.2 Å². The lowest BCUT2D eigenvalue weighted by molar-refractivity contribution is -0.121. The number of amides is 1. The Labute approximate surface area is 116 Å². The van der Waals surface area contributed by atoms with Gasteiger partial charge in [0.05, 0.1) is 5.71 Å². The van der Waals surface area contributed by atoms with Crippen LogP contribution < -0.4 is 5.43 Å². The molecule has 19 heavy (non-hydrogen) atoms. The van der Waals surface area contributed by atoms with Crippen molar-refractivity contribution in [1.82, 2.24) is 5.43 Å². The maximum atomic E-state index is 11.7. The van der Waals surface area contributed by atoms with Crippen molar-refractivity contribution in [3.05, 3.63) is 35.9 Å². The van der Waals surface area contributed by atoms with E-state index >= 15 is 0 Å². The smallest absolute Gasteiger partial charge is 0.240 e. The highest BCUT2D eigenvalue weighted by Crippen LogP contribution is 2.10. The van der Waals surface area contributed by atoms with Crippen LogP contribution in [0.4, 0.5) is 0 Å². The van der Waals surface area contributed by atoms with Gasteiger partial charge in [-0.1, -0.05) is 58.0 Å². The monoisotopic (exact) mass is 260 g/mol. The molecule has 1 N–H and O–H groups in total.